The van der Waals surface area contributed by atoms with Crippen LogP contribution < -0.4 is 26.7 Å². The summed E-state index contributed by atoms with van der Waals surface area (Å²) in [5.41, 5.74) is 6.65. The molecule has 6 rings (SSSR count). The van der Waals surface area contributed by atoms with Crippen LogP contribution in [0.3, 0.4) is 0 Å². The highest BCUT2D eigenvalue weighted by Gasteiger charge is 2.39. The van der Waals surface area contributed by atoms with Gasteiger partial charge in [0.05, 0.1) is 28.0 Å². The van der Waals surface area contributed by atoms with Gasteiger partial charge in [-0.25, -0.2) is 18.2 Å². The quantitative estimate of drug-likeness (QED) is 0.177. The average Bonchev–Trinajstić information content (AvgIpc) is 3.36. The van der Waals surface area contributed by atoms with Crippen LogP contribution in [-0.4, -0.2) is 69.3 Å². The molecule has 3 atom stereocenters. The zero-order valence-electron chi connectivity index (χ0n) is 25.8. The molecule has 13 heteroatoms. The second kappa shape index (κ2) is 12.4. The number of ether oxygens (including phenoxy) is 1. The predicted octanol–water partition coefficient (Wildman–Crippen LogP) is 4.84. The number of hydrogen-bond donors (Lipinski definition) is 3. The second-order valence-corrected chi connectivity index (χ2v) is 12.2. The van der Waals surface area contributed by atoms with Crippen molar-refractivity contribution in [1.82, 2.24) is 29.7 Å². The van der Waals surface area contributed by atoms with Gasteiger partial charge in [0.1, 0.15) is 30.4 Å². The summed E-state index contributed by atoms with van der Waals surface area (Å²) >= 11 is 0. The summed E-state index contributed by atoms with van der Waals surface area (Å²) in [6, 6.07) is 4.06. The van der Waals surface area contributed by atoms with E-state index < -0.39 is 25.0 Å². The molecule has 0 saturated carbocycles. The number of nitrogens with zero attached hydrogens (tertiary/aromatic N) is 5. The molecule has 0 spiro atoms. The van der Waals surface area contributed by atoms with Crippen LogP contribution in [0.2, 0.25) is 0 Å². The summed E-state index contributed by atoms with van der Waals surface area (Å²) in [5.74, 6) is -0.618. The summed E-state index contributed by atoms with van der Waals surface area (Å²) in [7, 11) is 3.69. The molecule has 0 aliphatic carbocycles. The Morgan fingerprint density at radius 1 is 1.22 bits per heavy atom. The van der Waals surface area contributed by atoms with E-state index in [4.69, 9.17) is 15.5 Å². The third-order valence-electron chi connectivity index (χ3n) is 9.30. The molecule has 3 unspecified atom stereocenters. The number of nitrogens with two attached hydrogens (primary N) is 1. The highest BCUT2D eigenvalue weighted by molar-refractivity contribution is 6.01. The highest BCUT2D eigenvalue weighted by atomic mass is 19.2. The van der Waals surface area contributed by atoms with E-state index in [1.807, 2.05) is 0 Å². The zero-order chi connectivity index (χ0) is 31.9. The molecule has 0 radical (unpaired) electrons. The number of pyridine rings is 2. The average molecular weight is 625 g/mol. The molecule has 1 saturated heterocycles. The lowest BCUT2D eigenvalue weighted by molar-refractivity contribution is 0.0828. The minimum atomic E-state index is -1.71. The summed E-state index contributed by atoms with van der Waals surface area (Å²) in [6.45, 7) is 2.32. The van der Waals surface area contributed by atoms with Gasteiger partial charge in [0, 0.05) is 24.5 Å². The van der Waals surface area contributed by atoms with Gasteiger partial charge in [-0.3, -0.25) is 15.0 Å². The lowest BCUT2D eigenvalue weighted by atomic mass is 9.92. The van der Waals surface area contributed by atoms with Gasteiger partial charge in [-0.05, 0) is 75.7 Å². The first-order valence-corrected chi connectivity index (χ1v) is 15.5. The number of aryl methyl sites for hydroxylation is 2. The van der Waals surface area contributed by atoms with Crippen LogP contribution in [0.25, 0.3) is 32.9 Å². The number of fused-ring (bicyclic) bond motifs is 1. The van der Waals surface area contributed by atoms with Crippen molar-refractivity contribution >= 4 is 33.2 Å². The van der Waals surface area contributed by atoms with Crippen molar-refractivity contribution in [3.63, 3.8) is 0 Å². The molecule has 0 bridgehead atoms. The number of benzene rings is 1. The van der Waals surface area contributed by atoms with Crippen molar-refractivity contribution in [2.45, 2.75) is 69.7 Å². The summed E-state index contributed by atoms with van der Waals surface area (Å²) < 4.78 is 52.5. The Hall–Kier alpha value is -3.97. The molecule has 4 aromatic rings. The smallest absolute Gasteiger partial charge is 0.319 e. The fraction of sp³-hybridized carbons (Fsp3) is 0.500. The second-order valence-electron chi connectivity index (χ2n) is 12.2. The molecule has 240 valence electrons. The maximum absolute atomic E-state index is 16.8. The summed E-state index contributed by atoms with van der Waals surface area (Å²) in [5, 5.41) is 6.40. The van der Waals surface area contributed by atoms with Crippen LogP contribution >= 0.6 is 0 Å². The number of aromatic nitrogens is 4. The van der Waals surface area contributed by atoms with E-state index in [1.165, 1.54) is 4.57 Å². The Kier molecular flexibility index (Phi) is 8.57. The first-order chi connectivity index (χ1) is 21.7. The van der Waals surface area contributed by atoms with E-state index in [-0.39, 0.29) is 45.1 Å². The van der Waals surface area contributed by atoms with Gasteiger partial charge in [-0.15, -0.1) is 0 Å². The van der Waals surface area contributed by atoms with Gasteiger partial charge < -0.3 is 20.4 Å². The van der Waals surface area contributed by atoms with Gasteiger partial charge in [-0.1, -0.05) is 13.3 Å². The highest BCUT2D eigenvalue weighted by Crippen LogP contribution is 2.38. The number of halogens is 3. The number of nitrogens with one attached hydrogen (secondary N) is 2. The van der Waals surface area contributed by atoms with Crippen molar-refractivity contribution in [3.8, 4) is 17.3 Å². The van der Waals surface area contributed by atoms with Crippen LogP contribution in [0.4, 0.5) is 24.7 Å². The molecule has 4 N–H and O–H groups in total. The molecule has 10 nitrogen and oxygen atoms in total. The number of rotatable bonds is 9. The summed E-state index contributed by atoms with van der Waals surface area (Å²) in [4.78, 5) is 29.5. The fourth-order valence-electron chi connectivity index (χ4n) is 6.91. The molecule has 3 aromatic heterocycles. The minimum absolute atomic E-state index is 0.0636. The number of likely N-dealkylation sites (tertiary alicyclic amines) is 1. The van der Waals surface area contributed by atoms with E-state index in [2.05, 4.69) is 39.5 Å². The zero-order valence-corrected chi connectivity index (χ0v) is 25.8. The van der Waals surface area contributed by atoms with Crippen LogP contribution in [0.5, 0.6) is 6.01 Å². The molecule has 5 heterocycles. The van der Waals surface area contributed by atoms with Crippen LogP contribution in [0.15, 0.2) is 29.2 Å². The van der Waals surface area contributed by atoms with E-state index >= 15 is 4.39 Å². The Bertz CT molecular complexity index is 1800. The van der Waals surface area contributed by atoms with Gasteiger partial charge in [0.15, 0.2) is 12.1 Å². The fourth-order valence-corrected chi connectivity index (χ4v) is 6.91. The van der Waals surface area contributed by atoms with Crippen molar-refractivity contribution in [1.29, 1.82) is 0 Å². The lowest BCUT2D eigenvalue weighted by Crippen LogP contribution is -2.46. The van der Waals surface area contributed by atoms with Crippen molar-refractivity contribution < 1.29 is 17.9 Å². The number of hydrogen-bond acceptors (Lipinski definition) is 9. The van der Waals surface area contributed by atoms with Gasteiger partial charge >= 0.3 is 6.01 Å². The van der Waals surface area contributed by atoms with Crippen LogP contribution in [0, 0.1) is 5.82 Å². The minimum Gasteiger partial charge on any atom is -0.461 e. The normalized spacial score (nSPS) is 21.1. The molecular weight excluding hydrogens is 585 g/mol. The first-order valence-electron chi connectivity index (χ1n) is 15.5. The Morgan fingerprint density at radius 3 is 2.78 bits per heavy atom. The monoisotopic (exact) mass is 624 g/mol. The van der Waals surface area contributed by atoms with Gasteiger partial charge in [-0.2, -0.15) is 9.97 Å². The molecule has 2 aliphatic heterocycles. The van der Waals surface area contributed by atoms with Crippen molar-refractivity contribution in [2.24, 2.45) is 7.05 Å². The predicted molar refractivity (Wildman–Crippen MR) is 169 cm³/mol. The largest absolute Gasteiger partial charge is 0.461 e. The topological polar surface area (TPSA) is 123 Å². The van der Waals surface area contributed by atoms with E-state index in [9.17, 15) is 13.6 Å². The first kappa shape index (κ1) is 31.0. The molecule has 2 aliphatic rings. The maximum Gasteiger partial charge on any atom is 0.319 e. The standard InChI is InChI=1S/C32H39F3N8O2/c1-4-10-32(11-6-12-43(32)3)16-45-31-40-27-24-21(7-5-8-22(28(35)37-17-33)39-29(24)41-31)38-26(25(27)34)20-15-19(36)14-18-9-13-42(2)30(44)23(18)20/h9,13-15,22,28,37H,4-8,10-12,16-17,36H2,1-3H3,(H,39,40,41). The molecule has 1 aromatic carbocycles. The molecule has 0 amide bonds. The van der Waals surface area contributed by atoms with Gasteiger partial charge in [0.25, 0.3) is 5.56 Å². The van der Waals surface area contributed by atoms with Crippen molar-refractivity contribution in [3.05, 3.63) is 46.3 Å². The molecular formula is C32H39F3N8O2. The van der Waals surface area contributed by atoms with Crippen LogP contribution in [0.1, 0.15) is 51.1 Å². The number of likely N-dealkylation sites (N-methyl/N-ethyl adjacent to an activating group) is 1. The SMILES string of the molecule is CCCC1(COc2nc3c4c(nc(-c5cc(N)cc6ccn(C)c(=O)c56)c(F)c4n2)CCCC(C(F)NCF)N3)CCCN1C. The summed E-state index contributed by atoms with van der Waals surface area (Å²) in [6.07, 6.45) is 4.92. The third kappa shape index (κ3) is 5.67. The Balaban J connectivity index is 1.55. The van der Waals surface area contributed by atoms with E-state index in [0.29, 0.717) is 48.0 Å². The molecule has 45 heavy (non-hydrogen) atoms. The van der Waals surface area contributed by atoms with E-state index in [0.717, 1.165) is 32.2 Å². The number of nitrogen functional groups attached to an aromatic ring is 1. The van der Waals surface area contributed by atoms with Gasteiger partial charge in [0.2, 0.25) is 0 Å². The maximum atomic E-state index is 16.8. The third-order valence-corrected chi connectivity index (χ3v) is 9.30. The van der Waals surface area contributed by atoms with Crippen LogP contribution in [-0.2, 0) is 13.5 Å². The van der Waals surface area contributed by atoms with E-state index in [1.54, 1.807) is 31.4 Å². The molecule has 1 fully saturated rings. The van der Waals surface area contributed by atoms with Crippen molar-refractivity contribution in [2.75, 3.05) is 38.0 Å². The Morgan fingerprint density at radius 2 is 2.04 bits per heavy atom. The number of alkyl halides is 2. The Labute approximate surface area is 259 Å². The number of anilines is 2. The lowest BCUT2D eigenvalue weighted by Gasteiger charge is -2.35.